The Kier molecular flexibility index (Phi) is 61.4. The van der Waals surface area contributed by atoms with Gasteiger partial charge in [-0.3, -0.25) is 4.79 Å². The van der Waals surface area contributed by atoms with Crippen molar-refractivity contribution in [1.29, 1.82) is 0 Å². The van der Waals surface area contributed by atoms with E-state index in [-0.39, 0.29) is 12.5 Å². The highest BCUT2D eigenvalue weighted by Crippen LogP contribution is 2.19. The Hall–Kier alpha value is -1.17. The largest absolute Gasteiger partial charge is 0.394 e. The molecule has 0 spiro atoms. The molecule has 5 heteroatoms. The lowest BCUT2D eigenvalue weighted by molar-refractivity contribution is -0.124. The Bertz CT molecular complexity index is 1080. The maximum atomic E-state index is 12.5. The van der Waals surface area contributed by atoms with Gasteiger partial charge >= 0.3 is 0 Å². The third-order valence-electron chi connectivity index (χ3n) is 15.8. The van der Waals surface area contributed by atoms with Crippen LogP contribution in [0.3, 0.4) is 0 Å². The van der Waals surface area contributed by atoms with Gasteiger partial charge in [0, 0.05) is 6.42 Å². The van der Waals surface area contributed by atoms with Gasteiger partial charge in [0.05, 0.1) is 18.8 Å². The highest BCUT2D eigenvalue weighted by atomic mass is 16.3. The molecular weight excluding hydrogens is 883 g/mol. The lowest BCUT2D eigenvalue weighted by Gasteiger charge is -2.26. The van der Waals surface area contributed by atoms with Crippen LogP contribution in [0, 0.1) is 0 Å². The molecule has 5 nitrogen and oxygen atoms in total. The lowest BCUT2D eigenvalue weighted by atomic mass is 10.0. The number of rotatable bonds is 62. The minimum atomic E-state index is -1.16. The van der Waals surface area contributed by atoms with E-state index in [0.717, 1.165) is 38.5 Å². The zero-order chi connectivity index (χ0) is 52.2. The van der Waals surface area contributed by atoms with Crippen molar-refractivity contribution in [2.75, 3.05) is 6.61 Å². The minimum Gasteiger partial charge on any atom is -0.394 e. The van der Waals surface area contributed by atoms with Gasteiger partial charge in [0.1, 0.15) is 6.10 Å². The molecule has 0 fully saturated rings. The second-order valence-electron chi connectivity index (χ2n) is 23.0. The zero-order valence-electron chi connectivity index (χ0n) is 49.1. The first-order valence-electron chi connectivity index (χ1n) is 33.1. The summed E-state index contributed by atoms with van der Waals surface area (Å²) in [6.45, 7) is 4.21. The van der Waals surface area contributed by atoms with E-state index >= 15 is 0 Å². The van der Waals surface area contributed by atoms with Crippen LogP contribution in [0.5, 0.6) is 0 Å². The van der Waals surface area contributed by atoms with E-state index in [2.05, 4.69) is 43.5 Å². The maximum Gasteiger partial charge on any atom is 0.220 e. The molecule has 1 amide bonds. The van der Waals surface area contributed by atoms with Gasteiger partial charge in [-0.25, -0.2) is 0 Å². The highest BCUT2D eigenvalue weighted by molar-refractivity contribution is 5.76. The summed E-state index contributed by atoms with van der Waals surface area (Å²) in [6, 6.07) is -0.825. The molecule has 0 heterocycles. The average Bonchev–Trinajstić information content (AvgIpc) is 3.39. The third-order valence-corrected chi connectivity index (χ3v) is 15.8. The Morgan fingerprint density at radius 1 is 0.333 bits per heavy atom. The summed E-state index contributed by atoms with van der Waals surface area (Å²) in [6.07, 6.45) is 81.1. The first-order valence-corrected chi connectivity index (χ1v) is 33.1. The monoisotopic (exact) mass is 1010 g/mol. The molecule has 0 saturated carbocycles. The second kappa shape index (κ2) is 62.4. The summed E-state index contributed by atoms with van der Waals surface area (Å²) in [5, 5.41) is 33.8. The average molecular weight is 1010 g/mol. The molecule has 3 unspecified atom stereocenters. The van der Waals surface area contributed by atoms with Gasteiger partial charge < -0.3 is 20.6 Å². The van der Waals surface area contributed by atoms with Crippen molar-refractivity contribution in [3.05, 3.63) is 24.3 Å². The van der Waals surface area contributed by atoms with Crippen molar-refractivity contribution in [2.24, 2.45) is 0 Å². The summed E-state index contributed by atoms with van der Waals surface area (Å²) in [7, 11) is 0. The van der Waals surface area contributed by atoms with E-state index in [1.165, 1.54) is 308 Å². The van der Waals surface area contributed by atoms with Crippen molar-refractivity contribution in [3.8, 4) is 0 Å². The number of hydrogen-bond donors (Lipinski definition) is 4. The molecular formula is C67H131NO4. The molecule has 4 N–H and O–H groups in total. The summed E-state index contributed by atoms with van der Waals surface area (Å²) in [5.74, 6) is -0.147. The molecule has 0 radical (unpaired) electrons. The number of carbonyl (C=O) groups is 1. The van der Waals surface area contributed by atoms with Crippen LogP contribution in [0.1, 0.15) is 373 Å². The Morgan fingerprint density at radius 3 is 0.806 bits per heavy atom. The van der Waals surface area contributed by atoms with E-state index in [1.807, 2.05) is 0 Å². The van der Waals surface area contributed by atoms with Gasteiger partial charge in [-0.2, -0.15) is 0 Å². The van der Waals surface area contributed by atoms with Crippen LogP contribution in [0.4, 0.5) is 0 Å². The predicted molar refractivity (Wildman–Crippen MR) is 319 cm³/mol. The first kappa shape index (κ1) is 70.8. The van der Waals surface area contributed by atoms with Gasteiger partial charge in [0.15, 0.2) is 0 Å². The number of aliphatic hydroxyl groups is 3. The van der Waals surface area contributed by atoms with Gasteiger partial charge in [0.2, 0.25) is 5.91 Å². The fourth-order valence-electron chi connectivity index (χ4n) is 10.7. The second-order valence-corrected chi connectivity index (χ2v) is 23.0. The summed E-state index contributed by atoms with van der Waals surface area (Å²) < 4.78 is 0. The first-order chi connectivity index (χ1) is 35.6. The molecule has 0 aromatic carbocycles. The number of nitrogens with one attached hydrogen (secondary N) is 1. The number of amides is 1. The molecule has 0 bridgehead atoms. The van der Waals surface area contributed by atoms with Gasteiger partial charge in [-0.15, -0.1) is 0 Å². The predicted octanol–water partition coefficient (Wildman–Crippen LogP) is 21.2. The summed E-state index contributed by atoms with van der Waals surface area (Å²) in [5.41, 5.74) is 0. The summed E-state index contributed by atoms with van der Waals surface area (Å²) in [4.78, 5) is 12.5. The van der Waals surface area contributed by atoms with Crippen LogP contribution in [0.25, 0.3) is 0 Å². The third kappa shape index (κ3) is 56.6. The van der Waals surface area contributed by atoms with Crippen molar-refractivity contribution >= 4 is 5.91 Å². The molecule has 0 aliphatic carbocycles. The molecule has 72 heavy (non-hydrogen) atoms. The number of hydrogen-bond acceptors (Lipinski definition) is 4. The topological polar surface area (TPSA) is 89.8 Å². The molecule has 0 aliphatic heterocycles. The Morgan fingerprint density at radius 2 is 0.556 bits per heavy atom. The van der Waals surface area contributed by atoms with Crippen molar-refractivity contribution in [1.82, 2.24) is 5.32 Å². The molecule has 0 aromatic heterocycles. The molecule has 0 saturated heterocycles. The molecule has 3 atom stereocenters. The van der Waals surface area contributed by atoms with Gasteiger partial charge in [-0.1, -0.05) is 327 Å². The van der Waals surface area contributed by atoms with E-state index in [1.54, 1.807) is 0 Å². The van der Waals surface area contributed by atoms with Crippen LogP contribution in [0.15, 0.2) is 24.3 Å². The van der Waals surface area contributed by atoms with Crippen molar-refractivity contribution in [2.45, 2.75) is 392 Å². The number of unbranched alkanes of at least 4 members (excludes halogenated alkanes) is 50. The van der Waals surface area contributed by atoms with E-state index in [9.17, 15) is 20.1 Å². The normalized spacial score (nSPS) is 13.2. The molecule has 428 valence electrons. The van der Waals surface area contributed by atoms with Crippen LogP contribution >= 0.6 is 0 Å². The molecule has 0 aromatic rings. The van der Waals surface area contributed by atoms with Crippen molar-refractivity contribution < 1.29 is 20.1 Å². The maximum absolute atomic E-state index is 12.5. The van der Waals surface area contributed by atoms with E-state index in [0.29, 0.717) is 12.8 Å². The minimum absolute atomic E-state index is 0.147. The molecule has 0 aliphatic rings. The van der Waals surface area contributed by atoms with E-state index in [4.69, 9.17) is 0 Å². The lowest BCUT2D eigenvalue weighted by Crippen LogP contribution is -2.50. The van der Waals surface area contributed by atoms with Crippen LogP contribution in [0.2, 0.25) is 0 Å². The fourth-order valence-corrected chi connectivity index (χ4v) is 10.7. The van der Waals surface area contributed by atoms with Crippen molar-refractivity contribution in [3.63, 3.8) is 0 Å². The standard InChI is InChI=1S/C67H131NO4/c1-3-5-7-9-11-13-15-17-19-21-23-24-25-26-27-28-29-30-31-32-33-34-35-36-37-38-39-40-41-42-44-46-48-50-52-54-56-58-60-62-66(71)68-64(63-69)67(72)65(70)61-59-57-55-53-51-49-47-45-43-22-20-18-16-14-12-10-8-6-4-2/h32-33,53,55,64-65,67,69-70,72H,3-31,34-52,54,56-63H2,1-2H3,(H,68,71)/b33-32-,55-53+. The zero-order valence-corrected chi connectivity index (χ0v) is 49.1. The van der Waals surface area contributed by atoms with E-state index < -0.39 is 18.2 Å². The number of allylic oxidation sites excluding steroid dienone is 4. The Balaban J connectivity index is 3.45. The highest BCUT2D eigenvalue weighted by Gasteiger charge is 2.26. The van der Waals surface area contributed by atoms with Crippen LogP contribution < -0.4 is 5.32 Å². The fraction of sp³-hybridized carbons (Fsp3) is 0.925. The molecule has 0 rings (SSSR count). The quantitative estimate of drug-likeness (QED) is 0.0361. The van der Waals surface area contributed by atoms with Gasteiger partial charge in [-0.05, 0) is 64.2 Å². The van der Waals surface area contributed by atoms with Gasteiger partial charge in [0.25, 0.3) is 0 Å². The summed E-state index contributed by atoms with van der Waals surface area (Å²) >= 11 is 0. The Labute approximate surface area is 452 Å². The van der Waals surface area contributed by atoms with Crippen LogP contribution in [-0.4, -0.2) is 46.1 Å². The smallest absolute Gasteiger partial charge is 0.220 e. The number of aliphatic hydroxyl groups excluding tert-OH is 3. The SMILES string of the molecule is CCCCCCCCCCCCCCCC/C=C/CCCC(O)C(O)C(CO)NC(=O)CCCCCCCCCCCCCCCCCCC/C=C\CCCCCCCCCCCCCCCCCCCC. The van der Waals surface area contributed by atoms with Crippen LogP contribution in [-0.2, 0) is 4.79 Å². The number of carbonyl (C=O) groups excluding carboxylic acids is 1.